The normalized spacial score (nSPS) is 12.7. The number of hydrogen-bond donors (Lipinski definition) is 2. The van der Waals surface area contributed by atoms with Crippen molar-refractivity contribution in [3.8, 4) is 11.5 Å². The van der Waals surface area contributed by atoms with Crippen LogP contribution in [0.4, 0.5) is 0 Å². The first-order valence-electron chi connectivity index (χ1n) is 12.3. The van der Waals surface area contributed by atoms with Gasteiger partial charge in [-0.2, -0.15) is 5.10 Å². The smallest absolute Gasteiger partial charge is 0.262 e. The minimum absolute atomic E-state index is 0.260. The molecular weight excluding hydrogens is 605 g/mol. The van der Waals surface area contributed by atoms with E-state index in [4.69, 9.17) is 32.7 Å². The minimum atomic E-state index is -0.924. The number of nitrogens with one attached hydrogen (secondary N) is 2. The highest BCUT2D eigenvalue weighted by Gasteiger charge is 2.25. The van der Waals surface area contributed by atoms with Gasteiger partial charge in [0.25, 0.3) is 11.8 Å². The molecule has 10 heteroatoms. The molecule has 0 aliphatic carbocycles. The zero-order valence-electron chi connectivity index (χ0n) is 21.8. The van der Waals surface area contributed by atoms with Crippen molar-refractivity contribution in [1.29, 1.82) is 0 Å². The Morgan fingerprint density at radius 2 is 1.69 bits per heavy atom. The van der Waals surface area contributed by atoms with Gasteiger partial charge < -0.3 is 14.8 Å². The van der Waals surface area contributed by atoms with Crippen LogP contribution in [-0.4, -0.2) is 36.8 Å². The Balaban J connectivity index is 1.66. The Hall–Kier alpha value is -3.07. The lowest BCUT2D eigenvalue weighted by atomic mass is 10.1. The maximum absolute atomic E-state index is 13.1. The maximum atomic E-state index is 13.1. The number of amides is 2. The molecule has 0 aromatic heterocycles. The molecule has 2 atom stereocenters. The number of carbonyl (C=O) groups excluding carboxylic acids is 2. The number of hydrazone groups is 1. The van der Waals surface area contributed by atoms with Gasteiger partial charge in [0.05, 0.1) is 22.3 Å². The summed E-state index contributed by atoms with van der Waals surface area (Å²) >= 11 is 15.6. The van der Waals surface area contributed by atoms with Crippen LogP contribution in [0, 0.1) is 5.92 Å². The van der Waals surface area contributed by atoms with Crippen molar-refractivity contribution in [2.24, 2.45) is 11.0 Å². The fourth-order valence-corrected chi connectivity index (χ4v) is 4.35. The predicted molar refractivity (Wildman–Crippen MR) is 159 cm³/mol. The Morgan fingerprint density at radius 1 is 0.974 bits per heavy atom. The first-order valence-corrected chi connectivity index (χ1v) is 13.9. The SMILES string of the molecule is CC(C)COc1ccc(/C=N\NC(=O)[C@H](Cc2ccccc2)NC(=O)[C@H](C)Oc2ccc(Cl)cc2Cl)cc1Br. The average molecular weight is 635 g/mol. The fourth-order valence-electron chi connectivity index (χ4n) is 3.38. The van der Waals surface area contributed by atoms with E-state index in [0.29, 0.717) is 23.3 Å². The van der Waals surface area contributed by atoms with Crippen LogP contribution in [0.5, 0.6) is 11.5 Å². The van der Waals surface area contributed by atoms with Gasteiger partial charge in [-0.3, -0.25) is 9.59 Å². The van der Waals surface area contributed by atoms with E-state index in [1.54, 1.807) is 19.1 Å². The first kappa shape index (κ1) is 30.5. The monoisotopic (exact) mass is 633 g/mol. The fraction of sp³-hybridized carbons (Fsp3) is 0.276. The van der Waals surface area contributed by atoms with Crippen molar-refractivity contribution in [2.75, 3.05) is 6.61 Å². The molecule has 0 aliphatic rings. The summed E-state index contributed by atoms with van der Waals surface area (Å²) in [6.45, 7) is 6.33. The zero-order chi connectivity index (χ0) is 28.4. The van der Waals surface area contributed by atoms with Gasteiger partial charge in [0.2, 0.25) is 0 Å². The molecule has 7 nitrogen and oxygen atoms in total. The number of ether oxygens (including phenoxy) is 2. The molecular formula is C29H30BrCl2N3O4. The van der Waals surface area contributed by atoms with E-state index in [-0.39, 0.29) is 11.4 Å². The molecule has 3 rings (SSSR count). The third-order valence-electron chi connectivity index (χ3n) is 5.40. The molecule has 0 bridgehead atoms. The number of halogens is 3. The predicted octanol–water partition coefficient (Wildman–Crippen LogP) is 6.44. The summed E-state index contributed by atoms with van der Waals surface area (Å²) in [6, 6.07) is 18.7. The first-order chi connectivity index (χ1) is 18.6. The lowest BCUT2D eigenvalue weighted by Crippen LogP contribution is -2.50. The zero-order valence-corrected chi connectivity index (χ0v) is 24.9. The highest BCUT2D eigenvalue weighted by molar-refractivity contribution is 9.10. The molecule has 206 valence electrons. The Morgan fingerprint density at radius 3 is 2.36 bits per heavy atom. The van der Waals surface area contributed by atoms with Crippen LogP contribution in [0.3, 0.4) is 0 Å². The number of nitrogens with zero attached hydrogens (tertiary/aromatic N) is 1. The van der Waals surface area contributed by atoms with E-state index in [1.807, 2.05) is 48.5 Å². The number of benzene rings is 3. The largest absolute Gasteiger partial charge is 0.492 e. The molecule has 39 heavy (non-hydrogen) atoms. The molecule has 2 amide bonds. The van der Waals surface area contributed by atoms with E-state index >= 15 is 0 Å². The third-order valence-corrected chi connectivity index (χ3v) is 6.55. The van der Waals surface area contributed by atoms with Crippen LogP contribution in [0.15, 0.2) is 76.3 Å². The molecule has 0 saturated carbocycles. The minimum Gasteiger partial charge on any atom is -0.492 e. The molecule has 0 unspecified atom stereocenters. The lowest BCUT2D eigenvalue weighted by molar-refractivity contribution is -0.132. The van der Waals surface area contributed by atoms with Crippen LogP contribution < -0.4 is 20.2 Å². The summed E-state index contributed by atoms with van der Waals surface area (Å²) in [6.07, 6.45) is 0.854. The lowest BCUT2D eigenvalue weighted by Gasteiger charge is -2.21. The molecule has 0 fully saturated rings. The molecule has 2 N–H and O–H groups in total. The third kappa shape index (κ3) is 9.88. The van der Waals surface area contributed by atoms with Gasteiger partial charge in [0.1, 0.15) is 17.5 Å². The van der Waals surface area contributed by atoms with Gasteiger partial charge >= 0.3 is 0 Å². The molecule has 3 aromatic rings. The van der Waals surface area contributed by atoms with Crippen molar-refractivity contribution in [1.82, 2.24) is 10.7 Å². The van der Waals surface area contributed by atoms with Crippen LogP contribution >= 0.6 is 39.1 Å². The maximum Gasteiger partial charge on any atom is 0.262 e. The second kappa shape index (κ2) is 14.9. The molecule has 0 radical (unpaired) electrons. The van der Waals surface area contributed by atoms with Gasteiger partial charge in [-0.05, 0) is 76.3 Å². The topological polar surface area (TPSA) is 89.0 Å². The van der Waals surface area contributed by atoms with Crippen LogP contribution in [-0.2, 0) is 16.0 Å². The Kier molecular flexibility index (Phi) is 11.7. The van der Waals surface area contributed by atoms with Crippen molar-refractivity contribution in [3.63, 3.8) is 0 Å². The second-order valence-corrected chi connectivity index (χ2v) is 10.9. The average Bonchev–Trinajstić information content (AvgIpc) is 2.89. The van der Waals surface area contributed by atoms with E-state index in [0.717, 1.165) is 21.3 Å². The summed E-state index contributed by atoms with van der Waals surface area (Å²) in [7, 11) is 0. The van der Waals surface area contributed by atoms with Crippen molar-refractivity contribution in [2.45, 2.75) is 39.3 Å². The van der Waals surface area contributed by atoms with Crippen LogP contribution in [0.25, 0.3) is 0 Å². The molecule has 3 aromatic carbocycles. The van der Waals surface area contributed by atoms with Gasteiger partial charge in [0.15, 0.2) is 6.10 Å². The summed E-state index contributed by atoms with van der Waals surface area (Å²) in [5.74, 6) is 0.483. The van der Waals surface area contributed by atoms with Gasteiger partial charge in [-0.15, -0.1) is 0 Å². The Labute approximate surface area is 247 Å². The molecule has 0 heterocycles. The summed E-state index contributed by atoms with van der Waals surface area (Å²) < 4.78 is 12.2. The van der Waals surface area contributed by atoms with Crippen LogP contribution in [0.2, 0.25) is 10.0 Å². The van der Waals surface area contributed by atoms with Gasteiger partial charge in [-0.25, -0.2) is 5.43 Å². The van der Waals surface area contributed by atoms with E-state index < -0.39 is 24.0 Å². The van der Waals surface area contributed by atoms with E-state index in [1.165, 1.54) is 12.3 Å². The van der Waals surface area contributed by atoms with Crippen LogP contribution in [0.1, 0.15) is 31.9 Å². The van der Waals surface area contributed by atoms with Gasteiger partial charge in [0, 0.05) is 11.4 Å². The summed E-state index contributed by atoms with van der Waals surface area (Å²) in [4.78, 5) is 26.0. The van der Waals surface area contributed by atoms with Crippen molar-refractivity contribution in [3.05, 3.63) is 92.4 Å². The molecule has 0 aliphatic heterocycles. The van der Waals surface area contributed by atoms with Gasteiger partial charge in [-0.1, -0.05) is 67.4 Å². The number of carbonyl (C=O) groups is 2. The molecule has 0 spiro atoms. The standard InChI is InChI=1S/C29H30BrCl2N3O4/c1-18(2)17-38-26-11-9-21(13-23(26)30)16-33-35-29(37)25(14-20-7-5-4-6-8-20)34-28(36)19(3)39-27-12-10-22(31)15-24(27)32/h4-13,15-16,18-19,25H,14,17H2,1-3H3,(H,34,36)(H,35,37)/b33-16-/t19-,25-/m0/s1. The van der Waals surface area contributed by atoms with E-state index in [9.17, 15) is 9.59 Å². The number of hydrogen-bond acceptors (Lipinski definition) is 5. The highest BCUT2D eigenvalue weighted by Crippen LogP contribution is 2.28. The van der Waals surface area contributed by atoms with Crippen molar-refractivity contribution >= 4 is 57.2 Å². The Bertz CT molecular complexity index is 1300. The summed E-state index contributed by atoms with van der Waals surface area (Å²) in [5, 5.41) is 7.58. The second-order valence-electron chi connectivity index (χ2n) is 9.21. The summed E-state index contributed by atoms with van der Waals surface area (Å²) in [5.41, 5.74) is 4.15. The van der Waals surface area contributed by atoms with E-state index in [2.05, 4.69) is 45.6 Å². The molecule has 0 saturated heterocycles. The highest BCUT2D eigenvalue weighted by atomic mass is 79.9. The van der Waals surface area contributed by atoms with Crippen molar-refractivity contribution < 1.29 is 19.1 Å². The number of rotatable bonds is 12. The quantitative estimate of drug-likeness (QED) is 0.177.